The fourth-order valence-electron chi connectivity index (χ4n) is 1.90. The molecule has 0 aromatic heterocycles. The molecule has 0 saturated heterocycles. The minimum atomic E-state index is 0.301. The van der Waals surface area contributed by atoms with E-state index in [2.05, 4.69) is 12.2 Å². The summed E-state index contributed by atoms with van der Waals surface area (Å²) in [4.78, 5) is 0. The first-order chi connectivity index (χ1) is 7.31. The van der Waals surface area contributed by atoms with Crippen molar-refractivity contribution in [2.24, 2.45) is 5.73 Å². The van der Waals surface area contributed by atoms with Gasteiger partial charge in [0.1, 0.15) is 5.75 Å². The fourth-order valence-corrected chi connectivity index (χ4v) is 1.90. The smallest absolute Gasteiger partial charge is 0.116 e. The molecule has 78 valence electrons. The Balaban J connectivity index is 2.38. The number of rotatable bonds is 2. The van der Waals surface area contributed by atoms with Crippen LogP contribution in [0.5, 0.6) is 5.75 Å². The normalized spacial score (nSPS) is 15.8. The maximum atomic E-state index is 9.42. The van der Waals surface area contributed by atoms with Gasteiger partial charge in [-0.1, -0.05) is 24.3 Å². The lowest BCUT2D eigenvalue weighted by Gasteiger charge is -2.15. The molecule has 0 amide bonds. The van der Waals surface area contributed by atoms with E-state index in [9.17, 15) is 5.11 Å². The monoisotopic (exact) mass is 201 g/mol. The van der Waals surface area contributed by atoms with Crippen molar-refractivity contribution < 1.29 is 5.11 Å². The second-order valence-electron chi connectivity index (χ2n) is 3.68. The summed E-state index contributed by atoms with van der Waals surface area (Å²) >= 11 is 0. The van der Waals surface area contributed by atoms with E-state index in [0.717, 1.165) is 18.4 Å². The molecule has 1 aliphatic carbocycles. The minimum absolute atomic E-state index is 0.301. The van der Waals surface area contributed by atoms with E-state index < -0.39 is 0 Å². The highest BCUT2D eigenvalue weighted by atomic mass is 16.3. The molecule has 0 spiro atoms. The van der Waals surface area contributed by atoms with Gasteiger partial charge < -0.3 is 10.8 Å². The van der Waals surface area contributed by atoms with Gasteiger partial charge in [0.05, 0.1) is 0 Å². The van der Waals surface area contributed by atoms with Gasteiger partial charge in [0.2, 0.25) is 0 Å². The van der Waals surface area contributed by atoms with Crippen LogP contribution in [0, 0.1) is 0 Å². The van der Waals surface area contributed by atoms with Crippen LogP contribution < -0.4 is 5.73 Å². The van der Waals surface area contributed by atoms with Gasteiger partial charge in [0.15, 0.2) is 0 Å². The molecule has 0 atom stereocenters. The van der Waals surface area contributed by atoms with Crippen LogP contribution in [0.2, 0.25) is 0 Å². The third kappa shape index (κ3) is 2.10. The van der Waals surface area contributed by atoms with Crippen LogP contribution in [0.3, 0.4) is 0 Å². The maximum absolute atomic E-state index is 9.42. The minimum Gasteiger partial charge on any atom is -0.508 e. The quantitative estimate of drug-likeness (QED) is 0.772. The molecule has 2 rings (SSSR count). The third-order valence-corrected chi connectivity index (χ3v) is 2.63. The first kappa shape index (κ1) is 9.99. The van der Waals surface area contributed by atoms with Crippen LogP contribution in [0.1, 0.15) is 18.4 Å². The van der Waals surface area contributed by atoms with E-state index in [1.807, 2.05) is 12.1 Å². The highest BCUT2D eigenvalue weighted by molar-refractivity contribution is 5.80. The Morgan fingerprint density at radius 2 is 2.00 bits per heavy atom. The molecular formula is C13H15NO. The highest BCUT2D eigenvalue weighted by Crippen LogP contribution is 2.29. The van der Waals surface area contributed by atoms with Crippen LogP contribution >= 0.6 is 0 Å². The van der Waals surface area contributed by atoms with Gasteiger partial charge in [0, 0.05) is 6.54 Å². The summed E-state index contributed by atoms with van der Waals surface area (Å²) in [6.45, 7) is 0.557. The van der Waals surface area contributed by atoms with Gasteiger partial charge >= 0.3 is 0 Å². The molecule has 0 aliphatic heterocycles. The molecule has 15 heavy (non-hydrogen) atoms. The van der Waals surface area contributed by atoms with Gasteiger partial charge in [-0.25, -0.2) is 0 Å². The average molecular weight is 201 g/mol. The summed E-state index contributed by atoms with van der Waals surface area (Å²) in [6, 6.07) is 7.31. The standard InChI is InChI=1S/C13H15NO/c14-9-11-4-1-2-7-13(11)10-5-3-6-12(15)8-10/h3-8,15H,1-2,9,14H2. The first-order valence-electron chi connectivity index (χ1n) is 5.20. The summed E-state index contributed by atoms with van der Waals surface area (Å²) in [5, 5.41) is 9.42. The molecule has 2 nitrogen and oxygen atoms in total. The van der Waals surface area contributed by atoms with Crippen molar-refractivity contribution in [3.05, 3.63) is 47.6 Å². The lowest BCUT2D eigenvalue weighted by atomic mass is 9.92. The Labute approximate surface area is 89.7 Å². The van der Waals surface area contributed by atoms with Crippen molar-refractivity contribution in [2.45, 2.75) is 12.8 Å². The zero-order valence-electron chi connectivity index (χ0n) is 8.61. The largest absolute Gasteiger partial charge is 0.508 e. The van der Waals surface area contributed by atoms with Crippen LogP contribution in [-0.2, 0) is 0 Å². The molecule has 2 heteroatoms. The van der Waals surface area contributed by atoms with Gasteiger partial charge in [-0.3, -0.25) is 0 Å². The Hall–Kier alpha value is -1.54. The van der Waals surface area contributed by atoms with E-state index in [0.29, 0.717) is 12.3 Å². The number of hydrogen-bond donors (Lipinski definition) is 2. The molecule has 0 saturated carbocycles. The molecule has 1 aromatic carbocycles. The molecule has 0 radical (unpaired) electrons. The molecule has 3 N–H and O–H groups in total. The summed E-state index contributed by atoms with van der Waals surface area (Å²) in [6.07, 6.45) is 6.49. The van der Waals surface area contributed by atoms with Crippen LogP contribution in [0.15, 0.2) is 42.0 Å². The number of nitrogens with two attached hydrogens (primary N) is 1. The second-order valence-corrected chi connectivity index (χ2v) is 3.68. The Morgan fingerprint density at radius 3 is 2.73 bits per heavy atom. The summed E-state index contributed by atoms with van der Waals surface area (Å²) in [5.41, 5.74) is 9.08. The van der Waals surface area contributed by atoms with Crippen molar-refractivity contribution in [3.8, 4) is 5.75 Å². The highest BCUT2D eigenvalue weighted by Gasteiger charge is 2.09. The predicted molar refractivity (Wildman–Crippen MR) is 62.5 cm³/mol. The fraction of sp³-hybridized carbons (Fsp3) is 0.231. The summed E-state index contributed by atoms with van der Waals surface area (Å²) in [5.74, 6) is 0.301. The van der Waals surface area contributed by atoms with Gasteiger partial charge in [-0.05, 0) is 41.7 Å². The van der Waals surface area contributed by atoms with Gasteiger partial charge in [-0.15, -0.1) is 0 Å². The average Bonchev–Trinajstić information content (AvgIpc) is 2.29. The zero-order valence-corrected chi connectivity index (χ0v) is 8.61. The van der Waals surface area contributed by atoms with Crippen LogP contribution in [0.4, 0.5) is 0 Å². The van der Waals surface area contributed by atoms with E-state index in [-0.39, 0.29) is 0 Å². The molecule has 0 unspecified atom stereocenters. The van der Waals surface area contributed by atoms with Crippen LogP contribution in [-0.4, -0.2) is 11.7 Å². The SMILES string of the molecule is NCC1=CCCC=C1c1cccc(O)c1. The van der Waals surface area contributed by atoms with Crippen molar-refractivity contribution >= 4 is 5.57 Å². The number of phenols is 1. The maximum Gasteiger partial charge on any atom is 0.116 e. The zero-order chi connectivity index (χ0) is 10.7. The van der Waals surface area contributed by atoms with E-state index in [1.54, 1.807) is 12.1 Å². The number of phenolic OH excluding ortho intramolecular Hbond substituents is 1. The first-order valence-corrected chi connectivity index (χ1v) is 5.20. The molecule has 0 fully saturated rings. The van der Waals surface area contributed by atoms with Crippen molar-refractivity contribution in [1.29, 1.82) is 0 Å². The Bertz CT molecular complexity index is 418. The van der Waals surface area contributed by atoms with Crippen LogP contribution in [0.25, 0.3) is 5.57 Å². The number of hydrogen-bond acceptors (Lipinski definition) is 2. The van der Waals surface area contributed by atoms with Crippen molar-refractivity contribution in [1.82, 2.24) is 0 Å². The second kappa shape index (κ2) is 4.32. The molecular weight excluding hydrogens is 186 g/mol. The topological polar surface area (TPSA) is 46.2 Å². The third-order valence-electron chi connectivity index (χ3n) is 2.63. The lowest BCUT2D eigenvalue weighted by molar-refractivity contribution is 0.475. The molecule has 1 aromatic rings. The number of allylic oxidation sites excluding steroid dienone is 2. The Kier molecular flexibility index (Phi) is 2.88. The van der Waals surface area contributed by atoms with Gasteiger partial charge in [0.25, 0.3) is 0 Å². The Morgan fingerprint density at radius 1 is 1.20 bits per heavy atom. The van der Waals surface area contributed by atoms with E-state index in [1.165, 1.54) is 11.1 Å². The molecule has 1 aliphatic rings. The number of benzene rings is 1. The lowest BCUT2D eigenvalue weighted by Crippen LogP contribution is -2.07. The van der Waals surface area contributed by atoms with E-state index in [4.69, 9.17) is 5.73 Å². The van der Waals surface area contributed by atoms with Gasteiger partial charge in [-0.2, -0.15) is 0 Å². The van der Waals surface area contributed by atoms with Crippen molar-refractivity contribution in [2.75, 3.05) is 6.54 Å². The van der Waals surface area contributed by atoms with Crippen molar-refractivity contribution in [3.63, 3.8) is 0 Å². The predicted octanol–water partition coefficient (Wildman–Crippen LogP) is 2.45. The summed E-state index contributed by atoms with van der Waals surface area (Å²) in [7, 11) is 0. The van der Waals surface area contributed by atoms with E-state index >= 15 is 0 Å². The summed E-state index contributed by atoms with van der Waals surface area (Å²) < 4.78 is 0. The molecule has 0 heterocycles. The molecule has 0 bridgehead atoms. The number of aromatic hydroxyl groups is 1.